The first-order valence-corrected chi connectivity index (χ1v) is 7.29. The van der Waals surface area contributed by atoms with Crippen molar-refractivity contribution in [3.05, 3.63) is 47.5 Å². The Morgan fingerprint density at radius 1 is 1.18 bits per heavy atom. The summed E-state index contributed by atoms with van der Waals surface area (Å²) in [6, 6.07) is 2.20. The molecule has 1 aromatic carbocycles. The number of carbonyl (C=O) groups excluding carboxylic acids is 1. The Morgan fingerprint density at radius 2 is 1.73 bits per heavy atom. The third kappa shape index (κ3) is 3.12. The van der Waals surface area contributed by atoms with Crippen molar-refractivity contribution in [2.75, 3.05) is 5.32 Å². The second kappa shape index (κ2) is 5.46. The second-order valence-electron chi connectivity index (χ2n) is 4.42. The Bertz CT molecular complexity index is 839. The highest BCUT2D eigenvalue weighted by Crippen LogP contribution is 2.19. The molecule has 0 bridgehead atoms. The van der Waals surface area contributed by atoms with Crippen LogP contribution in [0.4, 0.5) is 18.9 Å². The summed E-state index contributed by atoms with van der Waals surface area (Å²) in [5.74, 6) is -5.43. The molecule has 0 fully saturated rings. The van der Waals surface area contributed by atoms with Crippen molar-refractivity contribution in [1.29, 1.82) is 0 Å². The Morgan fingerprint density at radius 3 is 2.18 bits per heavy atom. The van der Waals surface area contributed by atoms with Crippen molar-refractivity contribution in [1.82, 2.24) is 4.57 Å². The van der Waals surface area contributed by atoms with E-state index in [9.17, 15) is 26.4 Å². The third-order valence-corrected chi connectivity index (χ3v) is 3.66. The number of amides is 1. The molecule has 3 N–H and O–H groups in total. The molecule has 0 aliphatic carbocycles. The van der Waals surface area contributed by atoms with E-state index in [1.54, 1.807) is 0 Å². The average molecular weight is 333 g/mol. The summed E-state index contributed by atoms with van der Waals surface area (Å²) in [6.45, 7) is 0. The molecule has 0 atom stereocenters. The Kier molecular flexibility index (Phi) is 3.98. The van der Waals surface area contributed by atoms with Gasteiger partial charge in [0.25, 0.3) is 5.91 Å². The van der Waals surface area contributed by atoms with Gasteiger partial charge in [0.2, 0.25) is 10.0 Å². The molecule has 2 rings (SSSR count). The van der Waals surface area contributed by atoms with Crippen LogP contribution < -0.4 is 10.5 Å². The smallest absolute Gasteiger partial charge is 0.272 e. The van der Waals surface area contributed by atoms with Gasteiger partial charge in [-0.1, -0.05) is 0 Å². The van der Waals surface area contributed by atoms with Crippen LogP contribution in [0.2, 0.25) is 0 Å². The highest BCUT2D eigenvalue weighted by atomic mass is 32.2. The van der Waals surface area contributed by atoms with Gasteiger partial charge in [-0.05, 0) is 6.07 Å². The maximum Gasteiger partial charge on any atom is 0.272 e. The number of halogens is 3. The van der Waals surface area contributed by atoms with Crippen LogP contribution >= 0.6 is 0 Å². The SMILES string of the molecule is Cn1cc(S(N)(=O)=O)cc1C(=O)Nc1cc(F)c(F)c(F)c1. The van der Waals surface area contributed by atoms with E-state index in [1.165, 1.54) is 11.6 Å². The number of rotatable bonds is 3. The molecule has 0 aliphatic heterocycles. The zero-order chi connectivity index (χ0) is 16.7. The monoisotopic (exact) mass is 333 g/mol. The van der Waals surface area contributed by atoms with Gasteiger partial charge < -0.3 is 9.88 Å². The molecule has 0 radical (unpaired) electrons. The lowest BCUT2D eigenvalue weighted by molar-refractivity contribution is 0.101. The lowest BCUT2D eigenvalue weighted by atomic mass is 10.2. The predicted octanol–water partition coefficient (Wildman–Crippen LogP) is 1.34. The first-order valence-electron chi connectivity index (χ1n) is 5.74. The lowest BCUT2D eigenvalue weighted by Crippen LogP contribution is -2.16. The minimum atomic E-state index is -4.00. The van der Waals surface area contributed by atoms with Crippen LogP contribution in [0.15, 0.2) is 29.3 Å². The van der Waals surface area contributed by atoms with Crippen molar-refractivity contribution in [2.45, 2.75) is 4.90 Å². The predicted molar refractivity (Wildman–Crippen MR) is 71.1 cm³/mol. The summed E-state index contributed by atoms with van der Waals surface area (Å²) in [5.41, 5.74) is -0.436. The van der Waals surface area contributed by atoms with Crippen LogP contribution in [0.5, 0.6) is 0 Å². The largest absolute Gasteiger partial charge is 0.345 e. The molecular formula is C12H10F3N3O3S. The molecule has 0 aliphatic rings. The minimum absolute atomic E-state index is 0.117. The zero-order valence-corrected chi connectivity index (χ0v) is 11.9. The summed E-state index contributed by atoms with van der Waals surface area (Å²) in [5, 5.41) is 7.07. The Hall–Kier alpha value is -2.33. The van der Waals surface area contributed by atoms with Crippen LogP contribution in [0, 0.1) is 17.5 Å². The van der Waals surface area contributed by atoms with Crippen molar-refractivity contribution in [3.63, 3.8) is 0 Å². The second-order valence-corrected chi connectivity index (χ2v) is 5.99. The molecule has 0 saturated heterocycles. The number of primary sulfonamides is 1. The molecule has 22 heavy (non-hydrogen) atoms. The average Bonchev–Trinajstić information content (AvgIpc) is 2.78. The molecule has 118 valence electrons. The Balaban J connectivity index is 2.32. The van der Waals surface area contributed by atoms with Gasteiger partial charge in [-0.2, -0.15) is 0 Å². The summed E-state index contributed by atoms with van der Waals surface area (Å²) in [4.78, 5) is 11.7. The van der Waals surface area contributed by atoms with E-state index in [2.05, 4.69) is 5.32 Å². The Labute approximate surface area is 123 Å². The summed E-state index contributed by atoms with van der Waals surface area (Å²) >= 11 is 0. The molecule has 1 aromatic heterocycles. The first kappa shape index (κ1) is 16.0. The van der Waals surface area contributed by atoms with Crippen LogP contribution in [-0.4, -0.2) is 18.9 Å². The number of carbonyl (C=O) groups is 1. The van der Waals surface area contributed by atoms with Gasteiger partial charge in [-0.15, -0.1) is 0 Å². The van der Waals surface area contributed by atoms with Gasteiger partial charge in [0.1, 0.15) is 10.6 Å². The van der Waals surface area contributed by atoms with Crippen LogP contribution in [-0.2, 0) is 17.1 Å². The number of hydrogen-bond donors (Lipinski definition) is 2. The molecule has 2 aromatic rings. The molecule has 10 heteroatoms. The van der Waals surface area contributed by atoms with Crippen molar-refractivity contribution >= 4 is 21.6 Å². The van der Waals surface area contributed by atoms with Gasteiger partial charge in [0, 0.05) is 31.1 Å². The first-order chi connectivity index (χ1) is 10.1. The standard InChI is InChI=1S/C12H10F3N3O3S/c1-18-5-7(22(16,20)21)4-10(18)12(19)17-6-2-8(13)11(15)9(14)3-6/h2-5H,1H3,(H,17,19)(H2,16,20,21). The van der Waals surface area contributed by atoms with E-state index in [4.69, 9.17) is 5.14 Å². The lowest BCUT2D eigenvalue weighted by Gasteiger charge is -2.07. The molecule has 0 spiro atoms. The number of aromatic nitrogens is 1. The number of nitrogens with zero attached hydrogens (tertiary/aromatic N) is 1. The van der Waals surface area contributed by atoms with Gasteiger partial charge in [-0.25, -0.2) is 26.7 Å². The number of benzene rings is 1. The third-order valence-electron chi connectivity index (χ3n) is 2.78. The van der Waals surface area contributed by atoms with Crippen molar-refractivity contribution in [2.24, 2.45) is 12.2 Å². The quantitative estimate of drug-likeness (QED) is 0.830. The molecule has 0 unspecified atom stereocenters. The van der Waals surface area contributed by atoms with Crippen LogP contribution in [0.1, 0.15) is 10.5 Å². The van der Waals surface area contributed by atoms with Gasteiger partial charge in [0.05, 0.1) is 0 Å². The fraction of sp³-hybridized carbons (Fsp3) is 0.0833. The normalized spacial score (nSPS) is 11.5. The molecule has 0 saturated carbocycles. The molecule has 1 amide bonds. The van der Waals surface area contributed by atoms with Gasteiger partial charge in [-0.3, -0.25) is 4.79 Å². The number of sulfonamides is 1. The summed E-state index contributed by atoms with van der Waals surface area (Å²) < 4.78 is 62.5. The van der Waals surface area contributed by atoms with E-state index in [0.717, 1.165) is 12.3 Å². The molecule has 6 nitrogen and oxygen atoms in total. The highest BCUT2D eigenvalue weighted by Gasteiger charge is 2.18. The fourth-order valence-electron chi connectivity index (χ4n) is 1.74. The van der Waals surface area contributed by atoms with Gasteiger partial charge >= 0.3 is 0 Å². The number of aryl methyl sites for hydroxylation is 1. The van der Waals surface area contributed by atoms with Crippen molar-refractivity contribution < 1.29 is 26.4 Å². The number of nitrogens with one attached hydrogen (secondary N) is 1. The molecular weight excluding hydrogens is 323 g/mol. The van der Waals surface area contributed by atoms with E-state index in [0.29, 0.717) is 12.1 Å². The fourth-order valence-corrected chi connectivity index (χ4v) is 2.32. The van der Waals surface area contributed by atoms with Crippen molar-refractivity contribution in [3.8, 4) is 0 Å². The number of hydrogen-bond acceptors (Lipinski definition) is 3. The maximum absolute atomic E-state index is 13.1. The zero-order valence-electron chi connectivity index (χ0n) is 11.1. The van der Waals surface area contributed by atoms with Crippen LogP contribution in [0.3, 0.4) is 0 Å². The van der Waals surface area contributed by atoms with Crippen LogP contribution in [0.25, 0.3) is 0 Å². The van der Waals surface area contributed by atoms with E-state index < -0.39 is 33.4 Å². The molecule has 1 heterocycles. The summed E-state index contributed by atoms with van der Waals surface area (Å²) in [6.07, 6.45) is 1.11. The summed E-state index contributed by atoms with van der Waals surface area (Å²) in [7, 11) is -2.62. The van der Waals surface area contributed by atoms with E-state index in [1.807, 2.05) is 0 Å². The van der Waals surface area contributed by atoms with Gasteiger partial charge in [0.15, 0.2) is 17.5 Å². The van der Waals surface area contributed by atoms with E-state index in [-0.39, 0.29) is 16.3 Å². The number of anilines is 1. The topological polar surface area (TPSA) is 94.2 Å². The van der Waals surface area contributed by atoms with E-state index >= 15 is 0 Å². The maximum atomic E-state index is 13.1. The highest BCUT2D eigenvalue weighted by molar-refractivity contribution is 7.89. The number of nitrogens with two attached hydrogens (primary N) is 1. The minimum Gasteiger partial charge on any atom is -0.345 e.